The number of rotatable bonds is 3. The standard InChI is InChI=1S/C9H8N4O3/c1-5(14)9-10-8(13-16-9)6-3-4-7(15-2)12-11-6/h3-4H,1-2H3. The third-order valence-corrected chi connectivity index (χ3v) is 1.81. The van der Waals surface area contributed by atoms with Crippen LogP contribution in [-0.4, -0.2) is 33.2 Å². The normalized spacial score (nSPS) is 10.1. The van der Waals surface area contributed by atoms with E-state index in [9.17, 15) is 4.79 Å². The molecule has 0 unspecified atom stereocenters. The Kier molecular flexibility index (Phi) is 2.59. The van der Waals surface area contributed by atoms with Gasteiger partial charge in [0, 0.05) is 13.0 Å². The lowest BCUT2D eigenvalue weighted by Crippen LogP contribution is -1.94. The summed E-state index contributed by atoms with van der Waals surface area (Å²) in [6.07, 6.45) is 0. The summed E-state index contributed by atoms with van der Waals surface area (Å²) < 4.78 is 9.58. The van der Waals surface area contributed by atoms with Crippen molar-refractivity contribution in [3.63, 3.8) is 0 Å². The van der Waals surface area contributed by atoms with Gasteiger partial charge in [0.25, 0.3) is 5.89 Å². The van der Waals surface area contributed by atoms with Gasteiger partial charge in [0.2, 0.25) is 17.5 Å². The summed E-state index contributed by atoms with van der Waals surface area (Å²) in [5, 5.41) is 11.2. The van der Waals surface area contributed by atoms with Crippen LogP contribution in [0, 0.1) is 0 Å². The van der Waals surface area contributed by atoms with Gasteiger partial charge in [0.15, 0.2) is 0 Å². The molecule has 2 rings (SSSR count). The molecule has 2 aromatic rings. The van der Waals surface area contributed by atoms with Crippen LogP contribution < -0.4 is 4.74 Å². The summed E-state index contributed by atoms with van der Waals surface area (Å²) in [7, 11) is 1.49. The van der Waals surface area contributed by atoms with Gasteiger partial charge in [-0.05, 0) is 6.07 Å². The van der Waals surface area contributed by atoms with Gasteiger partial charge in [-0.25, -0.2) is 0 Å². The molecule has 0 fully saturated rings. The highest BCUT2D eigenvalue weighted by atomic mass is 16.5. The van der Waals surface area contributed by atoms with Gasteiger partial charge < -0.3 is 9.26 Å². The zero-order valence-corrected chi connectivity index (χ0v) is 8.67. The van der Waals surface area contributed by atoms with E-state index in [1.807, 2.05) is 0 Å². The second-order valence-electron chi connectivity index (χ2n) is 2.94. The fourth-order valence-corrected chi connectivity index (χ4v) is 1.02. The zero-order valence-electron chi connectivity index (χ0n) is 8.67. The van der Waals surface area contributed by atoms with E-state index >= 15 is 0 Å². The third kappa shape index (κ3) is 1.88. The van der Waals surface area contributed by atoms with Crippen molar-refractivity contribution in [3.8, 4) is 17.4 Å². The first-order valence-electron chi connectivity index (χ1n) is 4.43. The summed E-state index contributed by atoms with van der Waals surface area (Å²) in [4.78, 5) is 14.8. The molecule has 82 valence electrons. The fourth-order valence-electron chi connectivity index (χ4n) is 1.02. The highest BCUT2D eigenvalue weighted by molar-refractivity contribution is 5.89. The highest BCUT2D eigenvalue weighted by Crippen LogP contribution is 2.14. The molecule has 0 atom stereocenters. The molecule has 0 aliphatic carbocycles. The number of ketones is 1. The van der Waals surface area contributed by atoms with E-state index < -0.39 is 0 Å². The van der Waals surface area contributed by atoms with Crippen molar-refractivity contribution in [1.29, 1.82) is 0 Å². The van der Waals surface area contributed by atoms with E-state index in [1.54, 1.807) is 12.1 Å². The van der Waals surface area contributed by atoms with E-state index in [1.165, 1.54) is 14.0 Å². The second kappa shape index (κ2) is 4.05. The maximum absolute atomic E-state index is 10.9. The Labute approximate surface area is 90.5 Å². The van der Waals surface area contributed by atoms with E-state index in [2.05, 4.69) is 20.3 Å². The Morgan fingerprint density at radius 3 is 2.69 bits per heavy atom. The lowest BCUT2D eigenvalue weighted by molar-refractivity contribution is 0.0972. The number of Topliss-reactive ketones (excluding diaryl/α,β-unsaturated/α-hetero) is 1. The van der Waals surface area contributed by atoms with Crippen LogP contribution in [0.5, 0.6) is 5.88 Å². The summed E-state index contributed by atoms with van der Waals surface area (Å²) in [6, 6.07) is 3.24. The molecule has 7 heteroatoms. The van der Waals surface area contributed by atoms with Crippen molar-refractivity contribution in [2.24, 2.45) is 0 Å². The van der Waals surface area contributed by atoms with Crippen molar-refractivity contribution in [3.05, 3.63) is 18.0 Å². The van der Waals surface area contributed by atoms with E-state index in [0.717, 1.165) is 0 Å². The number of carbonyl (C=O) groups excluding carboxylic acids is 1. The minimum Gasteiger partial charge on any atom is -0.480 e. The first kappa shape index (κ1) is 10.2. The molecular formula is C9H8N4O3. The van der Waals surface area contributed by atoms with Gasteiger partial charge in [-0.15, -0.1) is 10.2 Å². The fraction of sp³-hybridized carbons (Fsp3) is 0.222. The van der Waals surface area contributed by atoms with E-state index in [0.29, 0.717) is 11.6 Å². The predicted molar refractivity (Wildman–Crippen MR) is 51.9 cm³/mol. The van der Waals surface area contributed by atoms with Crippen LogP contribution in [0.15, 0.2) is 16.7 Å². The molecule has 0 bridgehead atoms. The SMILES string of the molecule is COc1ccc(-c2noc(C(C)=O)n2)nn1. The summed E-state index contributed by atoms with van der Waals surface area (Å²) >= 11 is 0. The number of methoxy groups -OCH3 is 1. The smallest absolute Gasteiger partial charge is 0.294 e. The molecular weight excluding hydrogens is 212 g/mol. The maximum Gasteiger partial charge on any atom is 0.294 e. The minimum atomic E-state index is -0.291. The molecule has 7 nitrogen and oxygen atoms in total. The molecule has 0 radical (unpaired) electrons. The first-order valence-corrected chi connectivity index (χ1v) is 4.43. The van der Waals surface area contributed by atoms with Crippen LogP contribution in [0.2, 0.25) is 0 Å². The van der Waals surface area contributed by atoms with Crippen LogP contribution in [-0.2, 0) is 0 Å². The van der Waals surface area contributed by atoms with Crippen molar-refractivity contribution in [1.82, 2.24) is 20.3 Å². The molecule has 0 amide bonds. The summed E-state index contributed by atoms with van der Waals surface area (Å²) in [5.41, 5.74) is 0.414. The average Bonchev–Trinajstić information content (AvgIpc) is 2.78. The van der Waals surface area contributed by atoms with Crippen LogP contribution >= 0.6 is 0 Å². The lowest BCUT2D eigenvalue weighted by atomic mass is 10.3. The Morgan fingerprint density at radius 1 is 1.38 bits per heavy atom. The van der Waals surface area contributed by atoms with Crippen molar-refractivity contribution in [2.75, 3.05) is 7.11 Å². The minimum absolute atomic E-state index is 0.0485. The van der Waals surface area contributed by atoms with Crippen LogP contribution in [0.1, 0.15) is 17.6 Å². The van der Waals surface area contributed by atoms with E-state index in [4.69, 9.17) is 9.26 Å². The van der Waals surface area contributed by atoms with Crippen molar-refractivity contribution in [2.45, 2.75) is 6.92 Å². The van der Waals surface area contributed by atoms with Crippen molar-refractivity contribution < 1.29 is 14.1 Å². The number of nitrogens with zero attached hydrogens (tertiary/aromatic N) is 4. The number of carbonyl (C=O) groups is 1. The average molecular weight is 220 g/mol. The van der Waals surface area contributed by atoms with Gasteiger partial charge in [-0.2, -0.15) is 4.98 Å². The monoisotopic (exact) mass is 220 g/mol. The Bertz CT molecular complexity index is 506. The molecule has 2 heterocycles. The second-order valence-corrected chi connectivity index (χ2v) is 2.94. The van der Waals surface area contributed by atoms with Crippen LogP contribution in [0.4, 0.5) is 0 Å². The van der Waals surface area contributed by atoms with Crippen LogP contribution in [0.25, 0.3) is 11.5 Å². The quantitative estimate of drug-likeness (QED) is 0.704. The largest absolute Gasteiger partial charge is 0.480 e. The van der Waals surface area contributed by atoms with Crippen molar-refractivity contribution >= 4 is 5.78 Å². The van der Waals surface area contributed by atoms with Crippen LogP contribution in [0.3, 0.4) is 0 Å². The molecule has 16 heavy (non-hydrogen) atoms. The van der Waals surface area contributed by atoms with Gasteiger partial charge in [-0.1, -0.05) is 5.16 Å². The Hall–Kier alpha value is -2.31. The number of hydrogen-bond acceptors (Lipinski definition) is 7. The third-order valence-electron chi connectivity index (χ3n) is 1.81. The zero-order chi connectivity index (χ0) is 11.5. The Balaban J connectivity index is 2.31. The maximum atomic E-state index is 10.9. The molecule has 0 N–H and O–H groups in total. The first-order chi connectivity index (χ1) is 7.70. The van der Waals surface area contributed by atoms with Gasteiger partial charge in [0.1, 0.15) is 5.69 Å². The molecule has 0 saturated carbocycles. The molecule has 0 aliphatic heterocycles. The molecule has 0 aromatic carbocycles. The molecule has 2 aromatic heterocycles. The topological polar surface area (TPSA) is 91.0 Å². The number of hydrogen-bond donors (Lipinski definition) is 0. The highest BCUT2D eigenvalue weighted by Gasteiger charge is 2.13. The molecule has 0 aliphatic rings. The number of aromatic nitrogens is 4. The predicted octanol–water partition coefficient (Wildman–Crippen LogP) is 0.738. The number of ether oxygens (including phenoxy) is 1. The lowest BCUT2D eigenvalue weighted by Gasteiger charge is -1.96. The molecule has 0 saturated heterocycles. The summed E-state index contributed by atoms with van der Waals surface area (Å²) in [5.74, 6) is 0.271. The summed E-state index contributed by atoms with van der Waals surface area (Å²) in [6.45, 7) is 1.34. The van der Waals surface area contributed by atoms with Gasteiger partial charge in [-0.3, -0.25) is 4.79 Å². The Morgan fingerprint density at radius 2 is 2.19 bits per heavy atom. The van der Waals surface area contributed by atoms with Gasteiger partial charge in [0.05, 0.1) is 7.11 Å². The van der Waals surface area contributed by atoms with E-state index in [-0.39, 0.29) is 17.5 Å². The van der Waals surface area contributed by atoms with Gasteiger partial charge >= 0.3 is 0 Å². The molecule has 0 spiro atoms.